The predicted molar refractivity (Wildman–Crippen MR) is 76.2 cm³/mol. The number of aromatic nitrogens is 1. The molecule has 0 unspecified atom stereocenters. The molecule has 0 saturated heterocycles. The van der Waals surface area contributed by atoms with E-state index in [4.69, 9.17) is 0 Å². The van der Waals surface area contributed by atoms with Crippen LogP contribution in [0, 0.1) is 12.7 Å². The number of aryl methyl sites for hydroxylation is 1. The number of halogens is 1. The monoisotopic (exact) mass is 288 g/mol. The second-order valence-electron chi connectivity index (χ2n) is 4.52. The minimum absolute atomic E-state index is 0.0353. The molecule has 21 heavy (non-hydrogen) atoms. The van der Waals surface area contributed by atoms with Gasteiger partial charge in [-0.2, -0.15) is 0 Å². The number of hydrogen-bond donors (Lipinski definition) is 2. The van der Waals surface area contributed by atoms with E-state index >= 15 is 0 Å². The maximum Gasteiger partial charge on any atom is 0.261 e. The number of amides is 1. The summed E-state index contributed by atoms with van der Waals surface area (Å²) >= 11 is 0. The Labute approximate surface area is 119 Å². The Morgan fingerprint density at radius 1 is 1.24 bits per heavy atom. The van der Waals surface area contributed by atoms with E-state index in [1.165, 1.54) is 31.3 Å². The first-order chi connectivity index (χ1) is 9.91. The van der Waals surface area contributed by atoms with E-state index in [-0.39, 0.29) is 16.8 Å². The fourth-order valence-electron chi connectivity index (χ4n) is 1.97. The van der Waals surface area contributed by atoms with Crippen LogP contribution in [-0.4, -0.2) is 16.7 Å². The van der Waals surface area contributed by atoms with Crippen molar-refractivity contribution in [3.8, 4) is 0 Å². The summed E-state index contributed by atoms with van der Waals surface area (Å²) in [4.78, 5) is 38.4. The Bertz CT molecular complexity index is 781. The fourth-order valence-corrected chi connectivity index (χ4v) is 1.97. The summed E-state index contributed by atoms with van der Waals surface area (Å²) in [6.07, 6.45) is 1.21. The van der Waals surface area contributed by atoms with Crippen LogP contribution in [0.1, 0.15) is 33.3 Å². The number of benzene rings is 1. The Morgan fingerprint density at radius 2 is 1.90 bits per heavy atom. The molecule has 2 N–H and O–H groups in total. The molecule has 0 fully saturated rings. The summed E-state index contributed by atoms with van der Waals surface area (Å²) in [5.41, 5.74) is -0.639. The number of ketones is 1. The third kappa shape index (κ3) is 2.89. The molecule has 108 valence electrons. The van der Waals surface area contributed by atoms with Crippen molar-refractivity contribution in [3.63, 3.8) is 0 Å². The minimum Gasteiger partial charge on any atom is -0.364 e. The van der Waals surface area contributed by atoms with E-state index in [9.17, 15) is 18.8 Å². The summed E-state index contributed by atoms with van der Waals surface area (Å²) < 4.78 is 13.5. The van der Waals surface area contributed by atoms with Gasteiger partial charge in [-0.05, 0) is 26.0 Å². The molecule has 2 rings (SSSR count). The fraction of sp³-hybridized carbons (Fsp3) is 0.133. The van der Waals surface area contributed by atoms with E-state index in [0.717, 1.165) is 0 Å². The van der Waals surface area contributed by atoms with Crippen molar-refractivity contribution in [1.82, 2.24) is 4.98 Å². The number of hydrogen-bond acceptors (Lipinski definition) is 3. The largest absolute Gasteiger partial charge is 0.364 e. The smallest absolute Gasteiger partial charge is 0.261 e. The van der Waals surface area contributed by atoms with E-state index in [0.29, 0.717) is 5.69 Å². The Balaban J connectivity index is 2.42. The zero-order chi connectivity index (χ0) is 15.6. The topological polar surface area (TPSA) is 79.0 Å². The zero-order valence-electron chi connectivity index (χ0n) is 11.5. The van der Waals surface area contributed by atoms with Crippen LogP contribution in [0.5, 0.6) is 0 Å². The van der Waals surface area contributed by atoms with Gasteiger partial charge >= 0.3 is 0 Å². The molecule has 0 aliphatic carbocycles. The number of H-pyrrole nitrogens is 1. The zero-order valence-corrected chi connectivity index (χ0v) is 11.5. The van der Waals surface area contributed by atoms with Gasteiger partial charge in [-0.1, -0.05) is 12.1 Å². The van der Waals surface area contributed by atoms with Gasteiger partial charge in [0, 0.05) is 11.9 Å². The van der Waals surface area contributed by atoms with Crippen molar-refractivity contribution >= 4 is 17.4 Å². The molecule has 0 atom stereocenters. The Kier molecular flexibility index (Phi) is 3.98. The molecule has 5 nitrogen and oxygen atoms in total. The molecule has 1 amide bonds. The van der Waals surface area contributed by atoms with Gasteiger partial charge in [0.1, 0.15) is 11.4 Å². The first-order valence-electron chi connectivity index (χ1n) is 6.21. The van der Waals surface area contributed by atoms with Gasteiger partial charge in [0.15, 0.2) is 5.78 Å². The first-order valence-corrected chi connectivity index (χ1v) is 6.21. The average Bonchev–Trinajstić information content (AvgIpc) is 2.41. The van der Waals surface area contributed by atoms with Crippen LogP contribution in [0.4, 0.5) is 10.1 Å². The second kappa shape index (κ2) is 5.70. The lowest BCUT2D eigenvalue weighted by atomic mass is 10.1. The molecule has 0 bridgehead atoms. The summed E-state index contributed by atoms with van der Waals surface area (Å²) in [6.45, 7) is 2.81. The minimum atomic E-state index is -0.774. The third-order valence-corrected chi connectivity index (χ3v) is 3.00. The number of Topliss-reactive ketones (excluding diaryl/α,β-unsaturated/α-hetero) is 1. The molecule has 2 aromatic rings. The van der Waals surface area contributed by atoms with Gasteiger partial charge in [-0.15, -0.1) is 0 Å². The lowest BCUT2D eigenvalue weighted by molar-refractivity contribution is 0.101. The standard InChI is InChI=1S/C15H13FN2O3/c1-8-13(9(2)19)14(20)10(7-17-8)15(21)18-12-6-4-3-5-11(12)16/h3-7H,1-2H3,(H,17,20)(H,18,21). The van der Waals surface area contributed by atoms with Crippen LogP contribution >= 0.6 is 0 Å². The van der Waals surface area contributed by atoms with Crippen LogP contribution in [0.15, 0.2) is 35.3 Å². The van der Waals surface area contributed by atoms with Gasteiger partial charge in [0.25, 0.3) is 5.91 Å². The van der Waals surface area contributed by atoms with Gasteiger partial charge in [0.2, 0.25) is 5.43 Å². The van der Waals surface area contributed by atoms with Crippen molar-refractivity contribution < 1.29 is 14.0 Å². The van der Waals surface area contributed by atoms with Crippen molar-refractivity contribution in [3.05, 3.63) is 63.3 Å². The third-order valence-electron chi connectivity index (χ3n) is 3.00. The summed E-state index contributed by atoms with van der Waals surface area (Å²) in [7, 11) is 0. The number of aromatic amines is 1. The molecule has 1 heterocycles. The Hall–Kier alpha value is -2.76. The van der Waals surface area contributed by atoms with E-state index in [1.54, 1.807) is 13.0 Å². The number of carbonyl (C=O) groups excluding carboxylic acids is 2. The van der Waals surface area contributed by atoms with Gasteiger partial charge in [-0.3, -0.25) is 14.4 Å². The number of pyridine rings is 1. The van der Waals surface area contributed by atoms with E-state index < -0.39 is 22.9 Å². The van der Waals surface area contributed by atoms with Crippen LogP contribution in [0.25, 0.3) is 0 Å². The highest BCUT2D eigenvalue weighted by Crippen LogP contribution is 2.13. The molecule has 0 spiro atoms. The van der Waals surface area contributed by atoms with Crippen molar-refractivity contribution in [2.75, 3.05) is 5.32 Å². The van der Waals surface area contributed by atoms with E-state index in [2.05, 4.69) is 10.3 Å². The van der Waals surface area contributed by atoms with Gasteiger partial charge in [0.05, 0.1) is 11.3 Å². The molecular weight excluding hydrogens is 275 g/mol. The van der Waals surface area contributed by atoms with E-state index in [1.807, 2.05) is 0 Å². The SMILES string of the molecule is CC(=O)c1c(C)[nH]cc(C(=O)Nc2ccccc2F)c1=O. The molecular formula is C15H13FN2O3. The first kappa shape index (κ1) is 14.6. The van der Waals surface area contributed by atoms with Crippen LogP contribution in [0.3, 0.4) is 0 Å². The summed E-state index contributed by atoms with van der Waals surface area (Å²) in [5.74, 6) is -1.82. The molecule has 0 aliphatic rings. The highest BCUT2D eigenvalue weighted by atomic mass is 19.1. The molecule has 0 aliphatic heterocycles. The van der Waals surface area contributed by atoms with Gasteiger partial charge < -0.3 is 10.3 Å². The molecule has 1 aromatic heterocycles. The lowest BCUT2D eigenvalue weighted by Gasteiger charge is -2.08. The molecule has 6 heteroatoms. The number of carbonyl (C=O) groups is 2. The summed E-state index contributed by atoms with van der Waals surface area (Å²) in [5, 5.41) is 2.31. The quantitative estimate of drug-likeness (QED) is 0.850. The van der Waals surface area contributed by atoms with Crippen LogP contribution in [-0.2, 0) is 0 Å². The number of rotatable bonds is 3. The van der Waals surface area contributed by atoms with Crippen LogP contribution in [0.2, 0.25) is 0 Å². The predicted octanol–water partition coefficient (Wildman–Crippen LogP) is 2.28. The maximum absolute atomic E-state index is 13.5. The van der Waals surface area contributed by atoms with Gasteiger partial charge in [-0.25, -0.2) is 4.39 Å². The van der Waals surface area contributed by atoms with Crippen molar-refractivity contribution in [1.29, 1.82) is 0 Å². The number of nitrogens with one attached hydrogen (secondary N) is 2. The average molecular weight is 288 g/mol. The number of para-hydroxylation sites is 1. The highest BCUT2D eigenvalue weighted by Gasteiger charge is 2.18. The van der Waals surface area contributed by atoms with Crippen molar-refractivity contribution in [2.45, 2.75) is 13.8 Å². The Morgan fingerprint density at radius 3 is 2.52 bits per heavy atom. The number of anilines is 1. The highest BCUT2D eigenvalue weighted by molar-refractivity contribution is 6.06. The van der Waals surface area contributed by atoms with Crippen molar-refractivity contribution in [2.24, 2.45) is 0 Å². The maximum atomic E-state index is 13.5. The summed E-state index contributed by atoms with van der Waals surface area (Å²) in [6, 6.07) is 5.61. The second-order valence-corrected chi connectivity index (χ2v) is 4.52. The van der Waals surface area contributed by atoms with Crippen LogP contribution < -0.4 is 10.7 Å². The molecule has 0 saturated carbocycles. The lowest BCUT2D eigenvalue weighted by Crippen LogP contribution is -2.27. The normalized spacial score (nSPS) is 10.2. The molecule has 0 radical (unpaired) electrons. The molecule has 1 aromatic carbocycles.